The lowest BCUT2D eigenvalue weighted by molar-refractivity contribution is 0.428. The van der Waals surface area contributed by atoms with E-state index in [9.17, 15) is 0 Å². The highest BCUT2D eigenvalue weighted by molar-refractivity contribution is 5.77. The molecule has 92 valence electrons. The molecule has 2 aliphatic rings. The zero-order valence-electron chi connectivity index (χ0n) is 11.1. The fourth-order valence-electron chi connectivity index (χ4n) is 3.48. The van der Waals surface area contributed by atoms with Gasteiger partial charge < -0.3 is 10.2 Å². The van der Waals surface area contributed by atoms with Crippen molar-refractivity contribution in [2.24, 2.45) is 0 Å². The van der Waals surface area contributed by atoms with Crippen LogP contribution in [0.5, 0.6) is 0 Å². The number of fused-ring (bicyclic) bond motifs is 1. The maximum Gasteiger partial charge on any atom is 0.0611 e. The number of benzene rings is 1. The summed E-state index contributed by atoms with van der Waals surface area (Å²) in [6.45, 7) is 5.53. The fraction of sp³-hybridized carbons (Fsp3) is 0.600. The average molecular weight is 230 g/mol. The molecule has 2 nitrogen and oxygen atoms in total. The lowest BCUT2D eigenvalue weighted by Gasteiger charge is -2.46. The molecule has 0 bridgehead atoms. The first-order valence-corrected chi connectivity index (χ1v) is 6.72. The van der Waals surface area contributed by atoms with E-state index in [1.807, 2.05) is 0 Å². The van der Waals surface area contributed by atoms with Crippen molar-refractivity contribution in [3.63, 3.8) is 0 Å². The molecule has 17 heavy (non-hydrogen) atoms. The molecule has 0 atom stereocenters. The molecule has 0 aromatic heterocycles. The number of hydrogen-bond donors (Lipinski definition) is 1. The Kier molecular flexibility index (Phi) is 2.35. The minimum absolute atomic E-state index is 0.384. The van der Waals surface area contributed by atoms with Crippen molar-refractivity contribution in [3.05, 3.63) is 23.3 Å². The summed E-state index contributed by atoms with van der Waals surface area (Å²) in [5.74, 6) is 0. The minimum Gasteiger partial charge on any atom is -0.381 e. The summed E-state index contributed by atoms with van der Waals surface area (Å²) in [6, 6.07) is 4.53. The van der Waals surface area contributed by atoms with E-state index in [1.54, 1.807) is 0 Å². The number of anilines is 2. The standard InChI is InChI=1S/C15H22N2/c1-11-6-7-13-14(12(11)2)16-10-15(17(13)3)8-4-5-9-15/h6-7,16H,4-5,8-10H2,1-3H3. The van der Waals surface area contributed by atoms with E-state index in [4.69, 9.17) is 0 Å². The van der Waals surface area contributed by atoms with Crippen molar-refractivity contribution >= 4 is 11.4 Å². The van der Waals surface area contributed by atoms with Gasteiger partial charge in [-0.25, -0.2) is 0 Å². The normalized spacial score (nSPS) is 21.5. The third-order valence-electron chi connectivity index (χ3n) is 4.92. The molecule has 0 saturated heterocycles. The van der Waals surface area contributed by atoms with E-state index in [1.165, 1.54) is 48.2 Å². The van der Waals surface area contributed by atoms with E-state index < -0.39 is 0 Å². The number of nitrogens with one attached hydrogen (secondary N) is 1. The zero-order chi connectivity index (χ0) is 12.0. The van der Waals surface area contributed by atoms with Crippen LogP contribution in [-0.2, 0) is 0 Å². The van der Waals surface area contributed by atoms with Crippen LogP contribution in [0.1, 0.15) is 36.8 Å². The van der Waals surface area contributed by atoms with Crippen molar-refractivity contribution in [2.45, 2.75) is 45.1 Å². The summed E-state index contributed by atoms with van der Waals surface area (Å²) in [5.41, 5.74) is 5.91. The largest absolute Gasteiger partial charge is 0.381 e. The Balaban J connectivity index is 2.06. The van der Waals surface area contributed by atoms with Crippen LogP contribution < -0.4 is 10.2 Å². The molecule has 1 saturated carbocycles. The summed E-state index contributed by atoms with van der Waals surface area (Å²) in [6.07, 6.45) is 5.43. The zero-order valence-corrected chi connectivity index (χ0v) is 11.1. The summed E-state index contributed by atoms with van der Waals surface area (Å²) < 4.78 is 0. The first-order chi connectivity index (χ1) is 8.14. The van der Waals surface area contributed by atoms with Gasteiger partial charge in [-0.3, -0.25) is 0 Å². The molecule has 1 heterocycles. The second-order valence-electron chi connectivity index (χ2n) is 5.75. The summed E-state index contributed by atoms with van der Waals surface area (Å²) in [5, 5.41) is 3.69. The first-order valence-electron chi connectivity index (χ1n) is 6.72. The lowest BCUT2D eigenvalue weighted by Crippen LogP contribution is -2.52. The summed E-state index contributed by atoms with van der Waals surface area (Å²) >= 11 is 0. The van der Waals surface area contributed by atoms with Crippen LogP contribution in [0.2, 0.25) is 0 Å². The van der Waals surface area contributed by atoms with Crippen LogP contribution >= 0.6 is 0 Å². The molecule has 0 unspecified atom stereocenters. The molecule has 1 fully saturated rings. The molecule has 1 N–H and O–H groups in total. The first kappa shape index (κ1) is 10.9. The SMILES string of the molecule is Cc1ccc2c(c1C)NCC1(CCCC1)N2C. The molecule has 0 amide bonds. The molecular formula is C15H22N2. The molecule has 1 aliphatic carbocycles. The van der Waals surface area contributed by atoms with Crippen LogP contribution in [0.15, 0.2) is 12.1 Å². The lowest BCUT2D eigenvalue weighted by atomic mass is 9.90. The van der Waals surface area contributed by atoms with Gasteiger partial charge in [-0.05, 0) is 43.9 Å². The smallest absolute Gasteiger partial charge is 0.0611 e. The molecule has 1 aromatic carbocycles. The van der Waals surface area contributed by atoms with Gasteiger partial charge in [0, 0.05) is 13.6 Å². The van der Waals surface area contributed by atoms with Crippen LogP contribution in [-0.4, -0.2) is 19.1 Å². The van der Waals surface area contributed by atoms with E-state index in [0.717, 1.165) is 6.54 Å². The second kappa shape index (κ2) is 3.66. The highest BCUT2D eigenvalue weighted by Crippen LogP contribution is 2.44. The Labute approximate surface area is 104 Å². The highest BCUT2D eigenvalue weighted by atomic mass is 15.2. The maximum absolute atomic E-state index is 3.69. The quantitative estimate of drug-likeness (QED) is 0.734. The van der Waals surface area contributed by atoms with Gasteiger partial charge in [0.2, 0.25) is 0 Å². The number of hydrogen-bond acceptors (Lipinski definition) is 2. The number of aryl methyl sites for hydroxylation is 1. The van der Waals surface area contributed by atoms with Crippen molar-refractivity contribution in [1.29, 1.82) is 0 Å². The van der Waals surface area contributed by atoms with Gasteiger partial charge >= 0.3 is 0 Å². The third-order valence-corrected chi connectivity index (χ3v) is 4.92. The molecular weight excluding hydrogens is 208 g/mol. The van der Waals surface area contributed by atoms with E-state index in [-0.39, 0.29) is 0 Å². The monoisotopic (exact) mass is 230 g/mol. The van der Waals surface area contributed by atoms with E-state index in [0.29, 0.717) is 5.54 Å². The van der Waals surface area contributed by atoms with Crippen LogP contribution in [0.25, 0.3) is 0 Å². The predicted octanol–water partition coefficient (Wildman–Crippen LogP) is 3.48. The highest BCUT2D eigenvalue weighted by Gasteiger charge is 2.41. The Hall–Kier alpha value is -1.18. The Morgan fingerprint density at radius 3 is 2.59 bits per heavy atom. The Bertz CT molecular complexity index is 444. The van der Waals surface area contributed by atoms with Gasteiger partial charge in [0.1, 0.15) is 0 Å². The topological polar surface area (TPSA) is 15.3 Å². The van der Waals surface area contributed by atoms with Gasteiger partial charge in [-0.15, -0.1) is 0 Å². The van der Waals surface area contributed by atoms with Crippen LogP contribution in [0.3, 0.4) is 0 Å². The van der Waals surface area contributed by atoms with Gasteiger partial charge in [0.25, 0.3) is 0 Å². The molecule has 2 heteroatoms. The Morgan fingerprint density at radius 2 is 1.88 bits per heavy atom. The van der Waals surface area contributed by atoms with E-state index >= 15 is 0 Å². The Morgan fingerprint density at radius 1 is 1.18 bits per heavy atom. The molecule has 1 spiro atoms. The number of nitrogens with zero attached hydrogens (tertiary/aromatic N) is 1. The third kappa shape index (κ3) is 1.46. The van der Waals surface area contributed by atoms with Crippen LogP contribution in [0, 0.1) is 13.8 Å². The molecule has 1 aliphatic heterocycles. The van der Waals surface area contributed by atoms with Gasteiger partial charge in [0.05, 0.1) is 16.9 Å². The summed E-state index contributed by atoms with van der Waals surface area (Å²) in [4.78, 5) is 2.54. The van der Waals surface area contributed by atoms with Crippen molar-refractivity contribution in [2.75, 3.05) is 23.8 Å². The van der Waals surface area contributed by atoms with Gasteiger partial charge in [-0.1, -0.05) is 18.9 Å². The minimum atomic E-state index is 0.384. The molecule has 1 aromatic rings. The summed E-state index contributed by atoms with van der Waals surface area (Å²) in [7, 11) is 2.28. The van der Waals surface area contributed by atoms with Crippen molar-refractivity contribution < 1.29 is 0 Å². The fourth-order valence-corrected chi connectivity index (χ4v) is 3.48. The number of rotatable bonds is 0. The number of likely N-dealkylation sites (N-methyl/N-ethyl adjacent to an activating group) is 1. The van der Waals surface area contributed by atoms with Gasteiger partial charge in [0.15, 0.2) is 0 Å². The van der Waals surface area contributed by atoms with Crippen LogP contribution in [0.4, 0.5) is 11.4 Å². The molecule has 3 rings (SSSR count). The second-order valence-corrected chi connectivity index (χ2v) is 5.75. The maximum atomic E-state index is 3.69. The van der Waals surface area contributed by atoms with Crippen molar-refractivity contribution in [3.8, 4) is 0 Å². The van der Waals surface area contributed by atoms with E-state index in [2.05, 4.69) is 43.2 Å². The van der Waals surface area contributed by atoms with Gasteiger partial charge in [-0.2, -0.15) is 0 Å². The van der Waals surface area contributed by atoms with Crippen molar-refractivity contribution in [1.82, 2.24) is 0 Å². The average Bonchev–Trinajstić information content (AvgIpc) is 2.79. The molecule has 0 radical (unpaired) electrons. The predicted molar refractivity (Wildman–Crippen MR) is 74.0 cm³/mol.